The average molecular weight is 370 g/mol. The van der Waals surface area contributed by atoms with E-state index < -0.39 is 15.7 Å². The summed E-state index contributed by atoms with van der Waals surface area (Å²) >= 11 is 5.94. The molecule has 2 aromatic carbocycles. The number of hydrogen-bond donors (Lipinski definition) is 0. The molecule has 0 aliphatic carbocycles. The quantitative estimate of drug-likeness (QED) is 0.825. The van der Waals surface area contributed by atoms with Gasteiger partial charge < -0.3 is 4.90 Å². The number of carbonyl (C=O) groups excluding carboxylic acids is 1. The molecule has 0 unspecified atom stereocenters. The molecule has 24 heavy (non-hydrogen) atoms. The van der Waals surface area contributed by atoms with Crippen LogP contribution in [0.3, 0.4) is 0 Å². The fourth-order valence-electron chi connectivity index (χ4n) is 2.25. The highest BCUT2D eigenvalue weighted by Crippen LogP contribution is 2.25. The van der Waals surface area contributed by atoms with E-state index in [-0.39, 0.29) is 27.4 Å². The van der Waals surface area contributed by atoms with Gasteiger partial charge in [-0.3, -0.25) is 4.79 Å². The van der Waals surface area contributed by atoms with Crippen LogP contribution in [0, 0.1) is 5.82 Å². The Morgan fingerprint density at radius 2 is 1.75 bits per heavy atom. The molecular formula is C17H17ClFNO3S. The third kappa shape index (κ3) is 3.94. The molecule has 0 aliphatic heterocycles. The molecule has 128 valence electrons. The van der Waals surface area contributed by atoms with Crippen LogP contribution in [0.15, 0.2) is 47.4 Å². The van der Waals surface area contributed by atoms with Crippen molar-refractivity contribution in [2.45, 2.75) is 17.9 Å². The largest absolute Gasteiger partial charge is 0.335 e. The van der Waals surface area contributed by atoms with Gasteiger partial charge >= 0.3 is 0 Å². The Kier molecular flexibility index (Phi) is 5.30. The third-order valence-electron chi connectivity index (χ3n) is 3.85. The van der Waals surface area contributed by atoms with Gasteiger partial charge in [0.2, 0.25) is 0 Å². The number of halogens is 2. The van der Waals surface area contributed by atoms with Crippen LogP contribution in [-0.2, 0) is 9.84 Å². The normalized spacial score (nSPS) is 12.7. The van der Waals surface area contributed by atoms with E-state index >= 15 is 0 Å². The lowest BCUT2D eigenvalue weighted by atomic mass is 10.1. The Morgan fingerprint density at radius 3 is 2.25 bits per heavy atom. The maximum Gasteiger partial charge on any atom is 0.255 e. The van der Waals surface area contributed by atoms with Gasteiger partial charge in [0.05, 0.1) is 21.5 Å². The fourth-order valence-corrected chi connectivity index (χ4v) is 3.12. The van der Waals surface area contributed by atoms with Crippen molar-refractivity contribution < 1.29 is 17.6 Å². The van der Waals surface area contributed by atoms with E-state index in [0.29, 0.717) is 0 Å². The van der Waals surface area contributed by atoms with E-state index in [1.807, 2.05) is 6.92 Å². The fraction of sp³-hybridized carbons (Fsp3) is 0.235. The second kappa shape index (κ2) is 6.91. The second-order valence-electron chi connectivity index (χ2n) is 5.56. The van der Waals surface area contributed by atoms with Crippen molar-refractivity contribution in [3.8, 4) is 0 Å². The first-order valence-corrected chi connectivity index (χ1v) is 9.40. The number of benzene rings is 2. The summed E-state index contributed by atoms with van der Waals surface area (Å²) in [5.41, 5.74) is 0.983. The van der Waals surface area contributed by atoms with Crippen molar-refractivity contribution in [2.75, 3.05) is 13.3 Å². The van der Waals surface area contributed by atoms with E-state index in [9.17, 15) is 17.6 Å². The molecular weight excluding hydrogens is 353 g/mol. The van der Waals surface area contributed by atoms with Crippen LogP contribution in [0.5, 0.6) is 0 Å². The molecule has 2 rings (SSSR count). The third-order valence-corrected chi connectivity index (χ3v) is 5.29. The van der Waals surface area contributed by atoms with E-state index in [1.54, 1.807) is 19.2 Å². The Balaban J connectivity index is 2.25. The Hall–Kier alpha value is -1.92. The summed E-state index contributed by atoms with van der Waals surface area (Å²) in [6, 6.07) is 9.64. The molecule has 0 saturated heterocycles. The van der Waals surface area contributed by atoms with Crippen molar-refractivity contribution in [1.82, 2.24) is 4.90 Å². The molecule has 0 N–H and O–H groups in total. The van der Waals surface area contributed by atoms with Gasteiger partial charge in [0.25, 0.3) is 5.91 Å². The van der Waals surface area contributed by atoms with Crippen LogP contribution in [0.1, 0.15) is 28.9 Å². The molecule has 1 amide bonds. The monoisotopic (exact) mass is 369 g/mol. The first-order valence-electron chi connectivity index (χ1n) is 7.13. The first-order chi connectivity index (χ1) is 11.1. The molecule has 0 heterocycles. The lowest BCUT2D eigenvalue weighted by molar-refractivity contribution is 0.0742. The van der Waals surface area contributed by atoms with E-state index in [1.165, 1.54) is 29.2 Å². The summed E-state index contributed by atoms with van der Waals surface area (Å²) < 4.78 is 36.1. The van der Waals surface area contributed by atoms with Gasteiger partial charge in [0, 0.05) is 13.3 Å². The Labute approximate surface area is 145 Å². The van der Waals surface area contributed by atoms with E-state index in [2.05, 4.69) is 0 Å². The maximum absolute atomic E-state index is 13.1. The Bertz CT molecular complexity index is 866. The van der Waals surface area contributed by atoms with Crippen molar-refractivity contribution in [3.05, 3.63) is 64.4 Å². The summed E-state index contributed by atoms with van der Waals surface area (Å²) in [5, 5.41) is 0.0477. The number of sulfone groups is 1. The zero-order valence-electron chi connectivity index (χ0n) is 13.5. The van der Waals surface area contributed by atoms with Gasteiger partial charge in [0.15, 0.2) is 9.84 Å². The predicted octanol–water partition coefficient (Wildman–Crippen LogP) is 3.72. The lowest BCUT2D eigenvalue weighted by Gasteiger charge is -2.26. The molecule has 7 heteroatoms. The molecule has 0 bridgehead atoms. The van der Waals surface area contributed by atoms with Gasteiger partial charge in [-0.2, -0.15) is 0 Å². The smallest absolute Gasteiger partial charge is 0.255 e. The molecule has 0 fully saturated rings. The molecule has 0 radical (unpaired) electrons. The minimum atomic E-state index is -3.27. The standard InChI is InChI=1S/C17H17ClFNO3S/c1-11(12-4-7-14(8-5-12)24(3,22)23)20(2)17(21)15-9-6-13(19)10-16(15)18/h4-11H,1-3H3/t11-/m1/s1. The number of nitrogens with zero attached hydrogens (tertiary/aromatic N) is 1. The SMILES string of the molecule is C[C@H](c1ccc(S(C)(=O)=O)cc1)N(C)C(=O)c1ccc(F)cc1Cl. The highest BCUT2D eigenvalue weighted by atomic mass is 35.5. The highest BCUT2D eigenvalue weighted by Gasteiger charge is 2.21. The minimum absolute atomic E-state index is 0.0477. The summed E-state index contributed by atoms with van der Waals surface area (Å²) in [7, 11) is -1.66. The highest BCUT2D eigenvalue weighted by molar-refractivity contribution is 7.90. The molecule has 1 atom stereocenters. The summed E-state index contributed by atoms with van der Waals surface area (Å²) in [6.07, 6.45) is 1.14. The zero-order chi connectivity index (χ0) is 18.1. The van der Waals surface area contributed by atoms with Crippen LogP contribution in [0.2, 0.25) is 5.02 Å². The van der Waals surface area contributed by atoms with Crippen molar-refractivity contribution in [2.24, 2.45) is 0 Å². The van der Waals surface area contributed by atoms with Gasteiger partial charge in [-0.15, -0.1) is 0 Å². The molecule has 4 nitrogen and oxygen atoms in total. The van der Waals surface area contributed by atoms with Gasteiger partial charge in [0.1, 0.15) is 5.82 Å². The summed E-state index contributed by atoms with van der Waals surface area (Å²) in [4.78, 5) is 14.2. The Morgan fingerprint density at radius 1 is 1.17 bits per heavy atom. The van der Waals surface area contributed by atoms with Crippen LogP contribution >= 0.6 is 11.6 Å². The molecule has 2 aromatic rings. The second-order valence-corrected chi connectivity index (χ2v) is 7.98. The van der Waals surface area contributed by atoms with Crippen molar-refractivity contribution in [1.29, 1.82) is 0 Å². The van der Waals surface area contributed by atoms with Gasteiger partial charge in [-0.05, 0) is 42.8 Å². The topological polar surface area (TPSA) is 54.5 Å². The van der Waals surface area contributed by atoms with Crippen LogP contribution in [0.4, 0.5) is 4.39 Å². The summed E-state index contributed by atoms with van der Waals surface area (Å²) in [6.45, 7) is 1.81. The number of carbonyl (C=O) groups is 1. The van der Waals surface area contributed by atoms with Crippen molar-refractivity contribution >= 4 is 27.3 Å². The predicted molar refractivity (Wildman–Crippen MR) is 91.5 cm³/mol. The number of amides is 1. The average Bonchev–Trinajstić information content (AvgIpc) is 2.52. The van der Waals surface area contributed by atoms with Gasteiger partial charge in [-0.25, -0.2) is 12.8 Å². The molecule has 0 aromatic heterocycles. The molecule has 0 spiro atoms. The molecule has 0 saturated carbocycles. The first kappa shape index (κ1) is 18.4. The van der Waals surface area contributed by atoms with Gasteiger partial charge in [-0.1, -0.05) is 23.7 Å². The van der Waals surface area contributed by atoms with Crippen LogP contribution in [-0.4, -0.2) is 32.5 Å². The number of hydrogen-bond acceptors (Lipinski definition) is 3. The van der Waals surface area contributed by atoms with Crippen molar-refractivity contribution in [3.63, 3.8) is 0 Å². The minimum Gasteiger partial charge on any atom is -0.335 e. The van der Waals surface area contributed by atoms with E-state index in [0.717, 1.165) is 17.9 Å². The summed E-state index contributed by atoms with van der Waals surface area (Å²) in [5.74, 6) is -0.858. The molecule has 0 aliphatic rings. The lowest BCUT2D eigenvalue weighted by Crippen LogP contribution is -2.30. The maximum atomic E-state index is 13.1. The van der Waals surface area contributed by atoms with Crippen LogP contribution < -0.4 is 0 Å². The number of rotatable bonds is 4. The van der Waals surface area contributed by atoms with Crippen LogP contribution in [0.25, 0.3) is 0 Å². The zero-order valence-corrected chi connectivity index (χ0v) is 15.0. The van der Waals surface area contributed by atoms with E-state index in [4.69, 9.17) is 11.6 Å².